The van der Waals surface area contributed by atoms with E-state index >= 15 is 0 Å². The summed E-state index contributed by atoms with van der Waals surface area (Å²) in [6, 6.07) is 3.31. The molecule has 2 N–H and O–H groups in total. The highest BCUT2D eigenvalue weighted by Crippen LogP contribution is 2.17. The third-order valence-corrected chi connectivity index (χ3v) is 3.58. The van der Waals surface area contributed by atoms with Gasteiger partial charge in [-0.1, -0.05) is 13.5 Å². The van der Waals surface area contributed by atoms with E-state index in [0.29, 0.717) is 6.42 Å². The number of hydrogen-bond acceptors (Lipinski definition) is 8. The number of rotatable bonds is 10. The standard InChI is InChI=1S/C19H22O9/c1-4-11(3)28-19(25)14-7-6-12(17(22)23)8-15(14)18(24)27-10-13(20)9-26-16(21)5-2/h5-8,11,13,20H,2,4,9-10H2,1,3H3,(H,22,23). The Morgan fingerprint density at radius 1 is 1.11 bits per heavy atom. The first-order chi connectivity index (χ1) is 13.2. The lowest BCUT2D eigenvalue weighted by Gasteiger charge is -2.15. The van der Waals surface area contributed by atoms with E-state index in [0.717, 1.165) is 24.3 Å². The molecule has 2 atom stereocenters. The number of carbonyl (C=O) groups excluding carboxylic acids is 3. The highest BCUT2D eigenvalue weighted by molar-refractivity contribution is 6.05. The summed E-state index contributed by atoms with van der Waals surface area (Å²) < 4.78 is 14.7. The van der Waals surface area contributed by atoms with Crippen LogP contribution in [-0.2, 0) is 19.0 Å². The lowest BCUT2D eigenvalue weighted by molar-refractivity contribution is -0.141. The van der Waals surface area contributed by atoms with Crippen molar-refractivity contribution < 1.29 is 43.6 Å². The Balaban J connectivity index is 2.95. The molecule has 0 heterocycles. The normalized spacial score (nSPS) is 12.4. The maximum Gasteiger partial charge on any atom is 0.339 e. The molecular formula is C19H22O9. The average Bonchev–Trinajstić information content (AvgIpc) is 2.69. The lowest BCUT2D eigenvalue weighted by atomic mass is 10.0. The van der Waals surface area contributed by atoms with E-state index in [1.165, 1.54) is 0 Å². The van der Waals surface area contributed by atoms with Crippen LogP contribution in [0.25, 0.3) is 0 Å². The maximum atomic E-state index is 12.3. The second kappa shape index (κ2) is 10.8. The second-order valence-corrected chi connectivity index (χ2v) is 5.78. The van der Waals surface area contributed by atoms with Gasteiger partial charge in [0, 0.05) is 6.08 Å². The molecule has 0 fully saturated rings. The van der Waals surface area contributed by atoms with Crippen molar-refractivity contribution in [1.82, 2.24) is 0 Å². The van der Waals surface area contributed by atoms with E-state index in [1.54, 1.807) is 13.8 Å². The van der Waals surface area contributed by atoms with Gasteiger partial charge in [0.2, 0.25) is 0 Å². The Morgan fingerprint density at radius 3 is 2.32 bits per heavy atom. The molecule has 9 heteroatoms. The number of benzene rings is 1. The van der Waals surface area contributed by atoms with Crippen LogP contribution in [0.2, 0.25) is 0 Å². The molecule has 0 bridgehead atoms. The molecule has 152 valence electrons. The molecule has 1 aromatic carbocycles. The highest BCUT2D eigenvalue weighted by atomic mass is 16.6. The van der Waals surface area contributed by atoms with Crippen LogP contribution >= 0.6 is 0 Å². The Bertz CT molecular complexity index is 754. The fourth-order valence-electron chi connectivity index (χ4n) is 1.89. The van der Waals surface area contributed by atoms with Crippen LogP contribution in [0.3, 0.4) is 0 Å². The number of hydrogen-bond donors (Lipinski definition) is 2. The SMILES string of the molecule is C=CC(=O)OCC(O)COC(=O)c1cc(C(=O)O)ccc1C(=O)OC(C)CC. The smallest absolute Gasteiger partial charge is 0.339 e. The second-order valence-electron chi connectivity index (χ2n) is 5.78. The number of ether oxygens (including phenoxy) is 3. The molecule has 0 aliphatic carbocycles. The maximum absolute atomic E-state index is 12.3. The molecule has 0 radical (unpaired) electrons. The predicted octanol–water partition coefficient (Wildman–Crippen LogP) is 1.59. The zero-order valence-corrected chi connectivity index (χ0v) is 15.5. The van der Waals surface area contributed by atoms with Gasteiger partial charge in [-0.25, -0.2) is 19.2 Å². The van der Waals surface area contributed by atoms with Gasteiger partial charge in [-0.2, -0.15) is 0 Å². The Labute approximate surface area is 161 Å². The summed E-state index contributed by atoms with van der Waals surface area (Å²) in [5.41, 5.74) is -0.709. The number of carbonyl (C=O) groups is 4. The summed E-state index contributed by atoms with van der Waals surface area (Å²) >= 11 is 0. The average molecular weight is 394 g/mol. The molecule has 2 unspecified atom stereocenters. The number of aliphatic hydroxyl groups is 1. The van der Waals surface area contributed by atoms with Crippen molar-refractivity contribution in [3.8, 4) is 0 Å². The van der Waals surface area contributed by atoms with Crippen LogP contribution < -0.4 is 0 Å². The molecule has 0 saturated heterocycles. The summed E-state index contributed by atoms with van der Waals surface area (Å²) in [5.74, 6) is -3.89. The predicted molar refractivity (Wildman–Crippen MR) is 96.0 cm³/mol. The zero-order chi connectivity index (χ0) is 21.3. The highest BCUT2D eigenvalue weighted by Gasteiger charge is 2.23. The molecule has 1 aromatic rings. The summed E-state index contributed by atoms with van der Waals surface area (Å²) in [6.07, 6.45) is -0.262. The Kier molecular flexibility index (Phi) is 8.83. The van der Waals surface area contributed by atoms with Crippen LogP contribution in [0.1, 0.15) is 51.3 Å². The van der Waals surface area contributed by atoms with Crippen molar-refractivity contribution in [2.24, 2.45) is 0 Å². The van der Waals surface area contributed by atoms with Crippen LogP contribution in [-0.4, -0.2) is 59.5 Å². The third kappa shape index (κ3) is 6.84. The molecule has 9 nitrogen and oxygen atoms in total. The van der Waals surface area contributed by atoms with Crippen LogP contribution in [0.4, 0.5) is 0 Å². The molecular weight excluding hydrogens is 372 g/mol. The molecule has 28 heavy (non-hydrogen) atoms. The van der Waals surface area contributed by atoms with Crippen molar-refractivity contribution >= 4 is 23.9 Å². The summed E-state index contributed by atoms with van der Waals surface area (Å²) in [5, 5.41) is 18.8. The summed E-state index contributed by atoms with van der Waals surface area (Å²) in [4.78, 5) is 46.7. The Morgan fingerprint density at radius 2 is 1.75 bits per heavy atom. The molecule has 0 amide bonds. The van der Waals surface area contributed by atoms with E-state index in [4.69, 9.17) is 14.6 Å². The molecule has 0 aliphatic rings. The minimum atomic E-state index is -1.31. The molecule has 0 aliphatic heterocycles. The van der Waals surface area contributed by atoms with Gasteiger partial charge in [-0.05, 0) is 31.5 Å². The van der Waals surface area contributed by atoms with Gasteiger partial charge in [0.05, 0.1) is 22.8 Å². The lowest BCUT2D eigenvalue weighted by Crippen LogP contribution is -2.26. The van der Waals surface area contributed by atoms with Crippen molar-refractivity contribution in [2.45, 2.75) is 32.5 Å². The monoisotopic (exact) mass is 394 g/mol. The molecule has 0 aromatic heterocycles. The van der Waals surface area contributed by atoms with Gasteiger partial charge in [0.15, 0.2) is 0 Å². The van der Waals surface area contributed by atoms with Crippen LogP contribution in [0, 0.1) is 0 Å². The number of aliphatic hydroxyl groups excluding tert-OH is 1. The van der Waals surface area contributed by atoms with Gasteiger partial charge in [0.25, 0.3) is 0 Å². The number of carboxylic acids is 1. The number of esters is 3. The van der Waals surface area contributed by atoms with E-state index in [-0.39, 0.29) is 16.7 Å². The van der Waals surface area contributed by atoms with E-state index in [9.17, 15) is 24.3 Å². The van der Waals surface area contributed by atoms with E-state index in [2.05, 4.69) is 11.3 Å². The minimum absolute atomic E-state index is 0.164. The van der Waals surface area contributed by atoms with Gasteiger partial charge >= 0.3 is 23.9 Å². The summed E-state index contributed by atoms with van der Waals surface area (Å²) in [7, 11) is 0. The minimum Gasteiger partial charge on any atom is -0.478 e. The van der Waals surface area contributed by atoms with Gasteiger partial charge in [-0.3, -0.25) is 0 Å². The zero-order valence-electron chi connectivity index (χ0n) is 15.5. The molecule has 1 rings (SSSR count). The summed E-state index contributed by atoms with van der Waals surface area (Å²) in [6.45, 7) is 5.69. The van der Waals surface area contributed by atoms with Crippen LogP contribution in [0.15, 0.2) is 30.9 Å². The largest absolute Gasteiger partial charge is 0.478 e. The van der Waals surface area contributed by atoms with Crippen molar-refractivity contribution in [3.05, 3.63) is 47.5 Å². The number of aromatic carboxylic acids is 1. The van der Waals surface area contributed by atoms with E-state index < -0.39 is 49.3 Å². The van der Waals surface area contributed by atoms with Crippen molar-refractivity contribution in [1.29, 1.82) is 0 Å². The fraction of sp³-hybridized carbons (Fsp3) is 0.368. The first-order valence-electron chi connectivity index (χ1n) is 8.42. The van der Waals surface area contributed by atoms with Gasteiger partial charge in [0.1, 0.15) is 19.3 Å². The molecule has 0 saturated carbocycles. The van der Waals surface area contributed by atoms with E-state index in [1.807, 2.05) is 0 Å². The van der Waals surface area contributed by atoms with Crippen LogP contribution in [0.5, 0.6) is 0 Å². The molecule has 0 spiro atoms. The third-order valence-electron chi connectivity index (χ3n) is 3.58. The Hall–Kier alpha value is -3.20. The first kappa shape index (κ1) is 22.8. The fourth-order valence-corrected chi connectivity index (χ4v) is 1.89. The van der Waals surface area contributed by atoms with Gasteiger partial charge in [-0.15, -0.1) is 0 Å². The first-order valence-corrected chi connectivity index (χ1v) is 8.42. The van der Waals surface area contributed by atoms with Crippen molar-refractivity contribution in [3.63, 3.8) is 0 Å². The number of carboxylic acid groups (broad SMARTS) is 1. The van der Waals surface area contributed by atoms with Gasteiger partial charge < -0.3 is 24.4 Å². The quantitative estimate of drug-likeness (QED) is 0.344. The van der Waals surface area contributed by atoms with Crippen molar-refractivity contribution in [2.75, 3.05) is 13.2 Å². The topological polar surface area (TPSA) is 136 Å².